The second-order valence-corrected chi connectivity index (χ2v) is 7.04. The number of urea groups is 1. The first-order chi connectivity index (χ1) is 13.3. The van der Waals surface area contributed by atoms with Gasteiger partial charge >= 0.3 is 6.03 Å². The Hall–Kier alpha value is -2.70. The molecule has 7 nitrogen and oxygen atoms in total. The number of Topliss-reactive ketones (excluding diaryl/α,β-unsaturated/α-hetero) is 2. The van der Waals surface area contributed by atoms with Gasteiger partial charge in [-0.05, 0) is 58.6 Å². The van der Waals surface area contributed by atoms with Crippen LogP contribution in [0.2, 0.25) is 0 Å². The molecule has 1 aromatic carbocycles. The zero-order chi connectivity index (χ0) is 20.9. The molecule has 2 unspecified atom stereocenters. The molecule has 7 heteroatoms. The van der Waals surface area contributed by atoms with Crippen molar-refractivity contribution in [2.75, 3.05) is 6.54 Å². The minimum atomic E-state index is -0.649. The molecule has 154 valence electrons. The summed E-state index contributed by atoms with van der Waals surface area (Å²) in [6.45, 7) is 5.32. The van der Waals surface area contributed by atoms with Gasteiger partial charge in [-0.2, -0.15) is 0 Å². The predicted octanol–water partition coefficient (Wildman–Crippen LogP) is 2.60. The smallest absolute Gasteiger partial charge is 0.315 e. The van der Waals surface area contributed by atoms with E-state index in [1.54, 1.807) is 12.1 Å². The average molecular weight is 389 g/mol. The molecule has 0 aliphatic heterocycles. The third-order valence-corrected chi connectivity index (χ3v) is 4.34. The molecule has 0 bridgehead atoms. The summed E-state index contributed by atoms with van der Waals surface area (Å²) in [6.07, 6.45) is 2.98. The molecule has 3 amide bonds. The lowest BCUT2D eigenvalue weighted by atomic mass is 10.1. The van der Waals surface area contributed by atoms with Crippen LogP contribution in [0, 0.1) is 0 Å². The number of amides is 3. The van der Waals surface area contributed by atoms with Crippen LogP contribution in [0.3, 0.4) is 0 Å². The number of hydrogen-bond acceptors (Lipinski definition) is 4. The molecule has 3 N–H and O–H groups in total. The largest absolute Gasteiger partial charge is 0.352 e. The topological polar surface area (TPSA) is 104 Å². The average Bonchev–Trinajstić information content (AvgIpc) is 2.64. The van der Waals surface area contributed by atoms with Crippen molar-refractivity contribution in [1.29, 1.82) is 0 Å². The predicted molar refractivity (Wildman–Crippen MR) is 108 cm³/mol. The van der Waals surface area contributed by atoms with Gasteiger partial charge in [0.1, 0.15) is 5.78 Å². The quantitative estimate of drug-likeness (QED) is 0.478. The minimum Gasteiger partial charge on any atom is -0.352 e. The van der Waals surface area contributed by atoms with Gasteiger partial charge in [-0.25, -0.2) is 4.79 Å². The van der Waals surface area contributed by atoms with Gasteiger partial charge in [-0.15, -0.1) is 0 Å². The second kappa shape index (κ2) is 12.6. The maximum absolute atomic E-state index is 12.0. The lowest BCUT2D eigenvalue weighted by molar-refractivity contribution is -0.119. The maximum Gasteiger partial charge on any atom is 0.315 e. The van der Waals surface area contributed by atoms with E-state index in [0.717, 1.165) is 19.3 Å². The molecule has 28 heavy (non-hydrogen) atoms. The molecule has 2 atom stereocenters. The van der Waals surface area contributed by atoms with Crippen LogP contribution in [0.25, 0.3) is 0 Å². The van der Waals surface area contributed by atoms with Crippen LogP contribution in [0.15, 0.2) is 30.3 Å². The van der Waals surface area contributed by atoms with Gasteiger partial charge in [0.2, 0.25) is 0 Å². The molecule has 1 rings (SSSR count). The van der Waals surface area contributed by atoms with Crippen molar-refractivity contribution >= 4 is 23.5 Å². The summed E-state index contributed by atoms with van der Waals surface area (Å²) in [5, 5.41) is 8.30. The number of nitrogens with one attached hydrogen (secondary N) is 3. The van der Waals surface area contributed by atoms with E-state index < -0.39 is 12.1 Å². The monoisotopic (exact) mass is 389 g/mol. The maximum atomic E-state index is 12.0. The molecule has 0 saturated heterocycles. The van der Waals surface area contributed by atoms with Crippen LogP contribution in [0.1, 0.15) is 63.2 Å². The number of carbonyl (C=O) groups is 4. The first-order valence-corrected chi connectivity index (χ1v) is 9.69. The van der Waals surface area contributed by atoms with Crippen LogP contribution >= 0.6 is 0 Å². The summed E-state index contributed by atoms with van der Waals surface area (Å²) in [6, 6.07) is 7.93. The van der Waals surface area contributed by atoms with Crippen molar-refractivity contribution in [3.63, 3.8) is 0 Å². The number of ketones is 2. The van der Waals surface area contributed by atoms with Gasteiger partial charge < -0.3 is 20.7 Å². The Bertz CT molecular complexity index is 661. The molecule has 0 aliphatic rings. The van der Waals surface area contributed by atoms with Gasteiger partial charge in [0.25, 0.3) is 5.91 Å². The highest BCUT2D eigenvalue weighted by atomic mass is 16.2. The molecule has 0 heterocycles. The van der Waals surface area contributed by atoms with E-state index in [9.17, 15) is 19.2 Å². The fourth-order valence-electron chi connectivity index (χ4n) is 2.69. The molecular formula is C21H31N3O4. The highest BCUT2D eigenvalue weighted by molar-refractivity contribution is 5.94. The fraction of sp³-hybridized carbons (Fsp3) is 0.524. The Morgan fingerprint density at radius 1 is 0.929 bits per heavy atom. The molecule has 0 saturated carbocycles. The Morgan fingerprint density at radius 2 is 1.61 bits per heavy atom. The van der Waals surface area contributed by atoms with Crippen LogP contribution < -0.4 is 16.0 Å². The number of hydrogen-bond donors (Lipinski definition) is 3. The molecule has 0 aliphatic carbocycles. The van der Waals surface area contributed by atoms with Crippen LogP contribution in [0.4, 0.5) is 4.79 Å². The standard InChI is InChI=1S/C21H31N3O4/c1-15(23-21(28)24-19(17(3)26)13-12-16(2)25)9-7-8-14-22-20(27)18-10-5-4-6-11-18/h4-6,10-11,15,19H,7-9,12-14H2,1-3H3,(H,22,27)(H2,23,24,28). The van der Waals surface area contributed by atoms with Crippen molar-refractivity contribution in [3.05, 3.63) is 35.9 Å². The minimum absolute atomic E-state index is 0.0128. The summed E-state index contributed by atoms with van der Waals surface area (Å²) >= 11 is 0. The Morgan fingerprint density at radius 3 is 2.21 bits per heavy atom. The molecule has 0 radical (unpaired) electrons. The van der Waals surface area contributed by atoms with E-state index in [2.05, 4.69) is 16.0 Å². The van der Waals surface area contributed by atoms with E-state index >= 15 is 0 Å². The van der Waals surface area contributed by atoms with E-state index in [4.69, 9.17) is 0 Å². The molecule has 0 aromatic heterocycles. The van der Waals surface area contributed by atoms with Crippen molar-refractivity contribution in [3.8, 4) is 0 Å². The fourth-order valence-corrected chi connectivity index (χ4v) is 2.69. The number of carbonyl (C=O) groups excluding carboxylic acids is 4. The van der Waals surface area contributed by atoms with Crippen LogP contribution in [0.5, 0.6) is 0 Å². The third-order valence-electron chi connectivity index (χ3n) is 4.34. The van der Waals surface area contributed by atoms with E-state index in [1.807, 2.05) is 25.1 Å². The first kappa shape index (κ1) is 23.3. The van der Waals surface area contributed by atoms with Gasteiger partial charge in [0.05, 0.1) is 6.04 Å². The Kier molecular flexibility index (Phi) is 10.5. The molecule has 0 spiro atoms. The van der Waals surface area contributed by atoms with E-state index in [0.29, 0.717) is 18.5 Å². The third kappa shape index (κ3) is 9.85. The van der Waals surface area contributed by atoms with Crippen molar-refractivity contribution in [2.45, 2.75) is 65.0 Å². The van der Waals surface area contributed by atoms with E-state index in [1.165, 1.54) is 13.8 Å². The highest BCUT2D eigenvalue weighted by Gasteiger charge is 2.18. The number of benzene rings is 1. The van der Waals surface area contributed by atoms with Crippen molar-refractivity contribution in [1.82, 2.24) is 16.0 Å². The van der Waals surface area contributed by atoms with Gasteiger partial charge in [0.15, 0.2) is 5.78 Å². The Balaban J connectivity index is 2.21. The zero-order valence-electron chi connectivity index (χ0n) is 16.9. The SMILES string of the molecule is CC(=O)CCC(NC(=O)NC(C)CCCCNC(=O)c1ccccc1)C(C)=O. The summed E-state index contributed by atoms with van der Waals surface area (Å²) < 4.78 is 0. The molecule has 0 fully saturated rings. The number of unbranched alkanes of at least 4 members (excludes halogenated alkanes) is 1. The van der Waals surface area contributed by atoms with Crippen molar-refractivity contribution in [2.24, 2.45) is 0 Å². The van der Waals surface area contributed by atoms with E-state index in [-0.39, 0.29) is 29.9 Å². The van der Waals surface area contributed by atoms with Crippen LogP contribution in [-0.4, -0.2) is 42.1 Å². The van der Waals surface area contributed by atoms with Gasteiger partial charge in [-0.1, -0.05) is 18.2 Å². The first-order valence-electron chi connectivity index (χ1n) is 9.69. The highest BCUT2D eigenvalue weighted by Crippen LogP contribution is 2.03. The normalized spacial score (nSPS) is 12.5. The summed E-state index contributed by atoms with van der Waals surface area (Å²) in [5.74, 6) is -0.272. The zero-order valence-corrected chi connectivity index (χ0v) is 16.9. The molecule has 1 aromatic rings. The van der Waals surface area contributed by atoms with Crippen molar-refractivity contribution < 1.29 is 19.2 Å². The van der Waals surface area contributed by atoms with Gasteiger partial charge in [0, 0.05) is 24.6 Å². The summed E-state index contributed by atoms with van der Waals surface area (Å²) in [5.41, 5.74) is 0.638. The lowest BCUT2D eigenvalue weighted by Crippen LogP contribution is -2.48. The van der Waals surface area contributed by atoms with Gasteiger partial charge in [-0.3, -0.25) is 9.59 Å². The number of rotatable bonds is 12. The second-order valence-electron chi connectivity index (χ2n) is 7.04. The summed E-state index contributed by atoms with van der Waals surface area (Å²) in [4.78, 5) is 46.6. The molecular weight excluding hydrogens is 358 g/mol. The Labute approximate surface area is 166 Å². The lowest BCUT2D eigenvalue weighted by Gasteiger charge is -2.19. The van der Waals surface area contributed by atoms with Crippen LogP contribution in [-0.2, 0) is 9.59 Å². The summed E-state index contributed by atoms with van der Waals surface area (Å²) in [7, 11) is 0.